The van der Waals surface area contributed by atoms with E-state index in [2.05, 4.69) is 16.4 Å². The minimum atomic E-state index is -0.148. The van der Waals surface area contributed by atoms with E-state index in [1.54, 1.807) is 25.4 Å². The lowest BCUT2D eigenvalue weighted by Gasteiger charge is -2.35. The van der Waals surface area contributed by atoms with Crippen molar-refractivity contribution < 1.29 is 14.0 Å². The quantitative estimate of drug-likeness (QED) is 0.822. The average molecular weight is 359 g/mol. The van der Waals surface area contributed by atoms with E-state index < -0.39 is 0 Å². The van der Waals surface area contributed by atoms with Gasteiger partial charge in [0.15, 0.2) is 12.1 Å². The van der Waals surface area contributed by atoms with E-state index in [1.807, 2.05) is 10.3 Å². The van der Waals surface area contributed by atoms with E-state index in [0.29, 0.717) is 23.8 Å². The number of hydrogen-bond acceptors (Lipinski definition) is 5. The van der Waals surface area contributed by atoms with Crippen molar-refractivity contribution in [2.45, 2.75) is 31.2 Å². The Morgan fingerprint density at radius 1 is 1.44 bits per heavy atom. The summed E-state index contributed by atoms with van der Waals surface area (Å²) in [6, 6.07) is 2.21. The van der Waals surface area contributed by atoms with Crippen molar-refractivity contribution in [1.29, 1.82) is 0 Å². The standard InChI is InChI=1S/C18H21N3O3S/c1-20(2)18(23)16-17(24-10-19-16)15-12-7-13(15)21(8-12)14(22)4-3-11-5-6-25-9-11/h5-6,9-10,12-13,15H,3-4,7-8H2,1-2H3. The second kappa shape index (κ2) is 6.29. The Hall–Kier alpha value is -2.15. The van der Waals surface area contributed by atoms with Gasteiger partial charge in [-0.05, 0) is 41.1 Å². The first-order chi connectivity index (χ1) is 12.1. The van der Waals surface area contributed by atoms with Gasteiger partial charge in [0.1, 0.15) is 5.76 Å². The number of carbonyl (C=O) groups excluding carboxylic acids is 2. The Morgan fingerprint density at radius 3 is 3.00 bits per heavy atom. The fourth-order valence-electron chi connectivity index (χ4n) is 3.99. The molecule has 1 saturated carbocycles. The second-order valence-corrected chi connectivity index (χ2v) is 7.81. The molecule has 0 spiro atoms. The van der Waals surface area contributed by atoms with Crippen LogP contribution in [-0.2, 0) is 11.2 Å². The highest BCUT2D eigenvalue weighted by Gasteiger charge is 2.56. The molecular weight excluding hydrogens is 338 g/mol. The maximum absolute atomic E-state index is 12.6. The number of aryl methyl sites for hydroxylation is 1. The lowest BCUT2D eigenvalue weighted by molar-refractivity contribution is -0.131. The molecule has 4 heterocycles. The molecule has 3 unspecified atom stereocenters. The number of aromatic nitrogens is 1. The van der Waals surface area contributed by atoms with Gasteiger partial charge < -0.3 is 14.2 Å². The molecule has 0 N–H and O–H groups in total. The summed E-state index contributed by atoms with van der Waals surface area (Å²) in [5, 5.41) is 4.13. The first-order valence-corrected chi connectivity index (χ1v) is 9.46. The molecule has 6 nitrogen and oxygen atoms in total. The van der Waals surface area contributed by atoms with Gasteiger partial charge in [0, 0.05) is 39.0 Å². The number of nitrogens with zero attached hydrogens (tertiary/aromatic N) is 3. The maximum Gasteiger partial charge on any atom is 0.275 e. The molecule has 1 aliphatic carbocycles. The summed E-state index contributed by atoms with van der Waals surface area (Å²) in [4.78, 5) is 32.5. The van der Waals surface area contributed by atoms with E-state index in [9.17, 15) is 9.59 Å². The number of fused-ring (bicyclic) bond motifs is 1. The van der Waals surface area contributed by atoms with Gasteiger partial charge in [0.25, 0.3) is 5.91 Å². The molecule has 2 aromatic heterocycles. The number of carbonyl (C=O) groups is 2. The minimum Gasteiger partial charge on any atom is -0.447 e. The van der Waals surface area contributed by atoms with Crippen LogP contribution in [0.2, 0.25) is 0 Å². The van der Waals surface area contributed by atoms with Crippen LogP contribution in [0.5, 0.6) is 0 Å². The number of oxazole rings is 1. The zero-order chi connectivity index (χ0) is 17.6. The van der Waals surface area contributed by atoms with Crippen LogP contribution in [0.25, 0.3) is 0 Å². The Morgan fingerprint density at radius 2 is 2.28 bits per heavy atom. The van der Waals surface area contributed by atoms with Crippen LogP contribution < -0.4 is 0 Å². The first kappa shape index (κ1) is 16.3. The Balaban J connectivity index is 1.45. The van der Waals surface area contributed by atoms with Crippen LogP contribution in [-0.4, -0.2) is 53.3 Å². The van der Waals surface area contributed by atoms with E-state index in [4.69, 9.17) is 4.42 Å². The third-order valence-electron chi connectivity index (χ3n) is 5.33. The number of hydrogen-bond donors (Lipinski definition) is 0. The van der Waals surface area contributed by atoms with Gasteiger partial charge in [0.2, 0.25) is 5.91 Å². The van der Waals surface area contributed by atoms with Gasteiger partial charge in [-0.3, -0.25) is 9.59 Å². The van der Waals surface area contributed by atoms with Gasteiger partial charge in [-0.1, -0.05) is 0 Å². The summed E-state index contributed by atoms with van der Waals surface area (Å²) in [7, 11) is 3.41. The molecule has 2 aliphatic heterocycles. The van der Waals surface area contributed by atoms with Gasteiger partial charge in [-0.15, -0.1) is 0 Å². The Kier molecular flexibility index (Phi) is 4.11. The first-order valence-electron chi connectivity index (χ1n) is 8.52. The summed E-state index contributed by atoms with van der Waals surface area (Å²) in [5.41, 5.74) is 1.60. The smallest absolute Gasteiger partial charge is 0.275 e. The molecule has 2 amide bonds. The second-order valence-electron chi connectivity index (χ2n) is 7.03. The van der Waals surface area contributed by atoms with Crippen molar-refractivity contribution >= 4 is 23.2 Å². The van der Waals surface area contributed by atoms with Crippen molar-refractivity contribution in [2.24, 2.45) is 5.92 Å². The average Bonchev–Trinajstić information content (AvgIpc) is 3.33. The number of thiophene rings is 1. The third kappa shape index (κ3) is 2.76. The molecule has 0 radical (unpaired) electrons. The van der Waals surface area contributed by atoms with Gasteiger partial charge >= 0.3 is 0 Å². The largest absolute Gasteiger partial charge is 0.447 e. The molecule has 2 aromatic rings. The van der Waals surface area contributed by atoms with Crippen molar-refractivity contribution in [3.05, 3.63) is 40.2 Å². The number of rotatable bonds is 5. The molecule has 132 valence electrons. The Labute approximate surface area is 150 Å². The molecule has 3 atom stereocenters. The predicted octanol–water partition coefficient (Wildman–Crippen LogP) is 2.39. The normalized spacial score (nSPS) is 24.2. The summed E-state index contributed by atoms with van der Waals surface area (Å²) in [5.74, 6) is 1.17. The molecule has 7 heteroatoms. The van der Waals surface area contributed by atoms with Crippen LogP contribution >= 0.6 is 11.3 Å². The monoisotopic (exact) mass is 359 g/mol. The third-order valence-corrected chi connectivity index (χ3v) is 6.06. The highest BCUT2D eigenvalue weighted by molar-refractivity contribution is 7.07. The van der Waals surface area contributed by atoms with Crippen LogP contribution in [0, 0.1) is 5.92 Å². The van der Waals surface area contributed by atoms with Crippen LogP contribution in [0.1, 0.15) is 40.6 Å². The molecule has 5 rings (SSSR count). The van der Waals surface area contributed by atoms with Crippen molar-refractivity contribution in [3.63, 3.8) is 0 Å². The van der Waals surface area contributed by atoms with Crippen molar-refractivity contribution in [2.75, 3.05) is 20.6 Å². The maximum atomic E-state index is 12.6. The zero-order valence-corrected chi connectivity index (χ0v) is 15.2. The molecule has 25 heavy (non-hydrogen) atoms. The lowest BCUT2D eigenvalue weighted by Crippen LogP contribution is -2.40. The molecule has 3 fully saturated rings. The molecule has 2 bridgehead atoms. The van der Waals surface area contributed by atoms with Crippen LogP contribution in [0.4, 0.5) is 0 Å². The van der Waals surface area contributed by atoms with Crippen molar-refractivity contribution in [3.8, 4) is 0 Å². The summed E-state index contributed by atoms with van der Waals surface area (Å²) >= 11 is 1.66. The highest BCUT2D eigenvalue weighted by atomic mass is 32.1. The van der Waals surface area contributed by atoms with Gasteiger partial charge in [-0.2, -0.15) is 11.3 Å². The van der Waals surface area contributed by atoms with E-state index in [0.717, 1.165) is 19.4 Å². The Bertz CT molecular complexity index is 783. The minimum absolute atomic E-state index is 0.103. The SMILES string of the molecule is CN(C)C(=O)c1ncoc1C1C2CC1N(C(=O)CCc1ccsc1)C2. The van der Waals surface area contributed by atoms with Gasteiger partial charge in [0.05, 0.1) is 0 Å². The van der Waals surface area contributed by atoms with E-state index in [-0.39, 0.29) is 23.8 Å². The van der Waals surface area contributed by atoms with Crippen molar-refractivity contribution in [1.82, 2.24) is 14.8 Å². The fourth-order valence-corrected chi connectivity index (χ4v) is 4.69. The fraction of sp³-hybridized carbons (Fsp3) is 0.500. The number of amides is 2. The summed E-state index contributed by atoms with van der Waals surface area (Å²) in [6.07, 6.45) is 3.65. The summed E-state index contributed by atoms with van der Waals surface area (Å²) < 4.78 is 5.57. The van der Waals surface area contributed by atoms with E-state index >= 15 is 0 Å². The van der Waals surface area contributed by atoms with E-state index in [1.165, 1.54) is 16.9 Å². The predicted molar refractivity (Wildman–Crippen MR) is 93.5 cm³/mol. The molecule has 0 aromatic carbocycles. The molecule has 2 saturated heterocycles. The lowest BCUT2D eigenvalue weighted by atomic mass is 9.72. The summed E-state index contributed by atoms with van der Waals surface area (Å²) in [6.45, 7) is 0.758. The van der Waals surface area contributed by atoms with Crippen LogP contribution in [0.3, 0.4) is 0 Å². The zero-order valence-electron chi connectivity index (χ0n) is 14.3. The topological polar surface area (TPSA) is 66.7 Å². The molecular formula is C18H21N3O3S. The highest BCUT2D eigenvalue weighted by Crippen LogP contribution is 2.53. The molecule has 3 aliphatic rings. The van der Waals surface area contributed by atoms with Crippen LogP contribution in [0.15, 0.2) is 27.6 Å². The van der Waals surface area contributed by atoms with Gasteiger partial charge in [-0.25, -0.2) is 4.98 Å².